The first kappa shape index (κ1) is 17.1. The molecule has 7 nitrogen and oxygen atoms in total. The molecule has 0 spiro atoms. The number of nitrogens with zero attached hydrogens (tertiary/aromatic N) is 1. The molecule has 2 aromatic rings. The first-order valence-corrected chi connectivity index (χ1v) is 7.30. The first-order valence-electron chi connectivity index (χ1n) is 7.30. The average molecular weight is 328 g/mol. The minimum Gasteiger partial charge on any atom is -0.452 e. The number of nitro benzene ring substituents is 1. The molecule has 0 saturated heterocycles. The highest BCUT2D eigenvalue weighted by atomic mass is 16.6. The van der Waals surface area contributed by atoms with E-state index in [9.17, 15) is 19.7 Å². The Kier molecular flexibility index (Phi) is 5.62. The lowest BCUT2D eigenvalue weighted by Gasteiger charge is -2.07. The number of ether oxygens (including phenoxy) is 1. The van der Waals surface area contributed by atoms with Crippen LogP contribution in [0.4, 0.5) is 11.4 Å². The number of non-ortho nitro benzene ring substituents is 1. The van der Waals surface area contributed by atoms with E-state index in [-0.39, 0.29) is 5.69 Å². The van der Waals surface area contributed by atoms with Gasteiger partial charge in [-0.05, 0) is 36.2 Å². The zero-order valence-corrected chi connectivity index (χ0v) is 13.0. The molecular formula is C17H16N2O5. The molecule has 0 aliphatic carbocycles. The van der Waals surface area contributed by atoms with Crippen molar-refractivity contribution < 1.29 is 19.2 Å². The molecule has 0 unspecified atom stereocenters. The second kappa shape index (κ2) is 7.87. The van der Waals surface area contributed by atoms with Gasteiger partial charge in [0.1, 0.15) is 0 Å². The summed E-state index contributed by atoms with van der Waals surface area (Å²) in [6.45, 7) is 1.57. The van der Waals surface area contributed by atoms with Crippen LogP contribution in [0.15, 0.2) is 48.5 Å². The monoisotopic (exact) mass is 328 g/mol. The highest BCUT2D eigenvalue weighted by molar-refractivity contribution is 5.95. The maximum Gasteiger partial charge on any atom is 0.338 e. The first-order chi connectivity index (χ1) is 11.5. The average Bonchev–Trinajstić information content (AvgIpc) is 2.60. The van der Waals surface area contributed by atoms with Crippen LogP contribution in [0.1, 0.15) is 22.8 Å². The van der Waals surface area contributed by atoms with Gasteiger partial charge >= 0.3 is 5.97 Å². The number of nitro groups is 1. The highest BCUT2D eigenvalue weighted by Gasteiger charge is 2.11. The Labute approximate surface area is 138 Å². The predicted octanol–water partition coefficient (Wildman–Crippen LogP) is 2.95. The molecule has 0 aliphatic rings. The molecule has 0 aromatic heterocycles. The molecule has 0 fully saturated rings. The molecule has 1 N–H and O–H groups in total. The van der Waals surface area contributed by atoms with Crippen molar-refractivity contribution in [3.8, 4) is 0 Å². The Bertz CT molecular complexity index is 739. The number of esters is 1. The van der Waals surface area contributed by atoms with Crippen LogP contribution in [0.5, 0.6) is 0 Å². The minimum absolute atomic E-state index is 0.0741. The summed E-state index contributed by atoms with van der Waals surface area (Å²) in [5.74, 6) is -1.11. The van der Waals surface area contributed by atoms with Gasteiger partial charge < -0.3 is 10.1 Å². The lowest BCUT2D eigenvalue weighted by Crippen LogP contribution is -2.20. The molecular weight excluding hydrogens is 312 g/mol. The van der Waals surface area contributed by atoms with Crippen LogP contribution in [0.25, 0.3) is 0 Å². The van der Waals surface area contributed by atoms with Crippen molar-refractivity contribution in [3.05, 3.63) is 69.8 Å². The van der Waals surface area contributed by atoms with E-state index in [1.807, 2.05) is 19.1 Å². The molecule has 0 bridgehead atoms. The molecule has 0 saturated carbocycles. The second-order valence-corrected chi connectivity index (χ2v) is 4.98. The highest BCUT2D eigenvalue weighted by Crippen LogP contribution is 2.15. The van der Waals surface area contributed by atoms with Gasteiger partial charge in [-0.3, -0.25) is 14.9 Å². The molecule has 2 aromatic carbocycles. The number of amides is 1. The van der Waals surface area contributed by atoms with E-state index in [1.165, 1.54) is 24.3 Å². The largest absolute Gasteiger partial charge is 0.452 e. The Morgan fingerprint density at radius 2 is 1.71 bits per heavy atom. The summed E-state index contributed by atoms with van der Waals surface area (Å²) in [4.78, 5) is 33.6. The van der Waals surface area contributed by atoms with Crippen molar-refractivity contribution in [1.29, 1.82) is 0 Å². The number of aryl methyl sites for hydroxylation is 1. The fourth-order valence-corrected chi connectivity index (χ4v) is 1.95. The van der Waals surface area contributed by atoms with Gasteiger partial charge in [0.15, 0.2) is 6.61 Å². The van der Waals surface area contributed by atoms with E-state index >= 15 is 0 Å². The number of hydrogen-bond donors (Lipinski definition) is 1. The fraction of sp³-hybridized carbons (Fsp3) is 0.176. The Balaban J connectivity index is 1.85. The van der Waals surface area contributed by atoms with Crippen molar-refractivity contribution in [2.45, 2.75) is 13.3 Å². The third-order valence-electron chi connectivity index (χ3n) is 3.29. The van der Waals surface area contributed by atoms with Gasteiger partial charge in [0.05, 0.1) is 10.5 Å². The van der Waals surface area contributed by atoms with E-state index in [2.05, 4.69) is 5.32 Å². The number of carbonyl (C=O) groups is 2. The van der Waals surface area contributed by atoms with E-state index in [4.69, 9.17) is 4.74 Å². The third-order valence-corrected chi connectivity index (χ3v) is 3.29. The van der Waals surface area contributed by atoms with Gasteiger partial charge in [-0.25, -0.2) is 4.79 Å². The Morgan fingerprint density at radius 1 is 1.08 bits per heavy atom. The number of rotatable bonds is 6. The minimum atomic E-state index is -0.587. The number of nitrogens with one attached hydrogen (secondary N) is 1. The van der Waals surface area contributed by atoms with Crippen molar-refractivity contribution >= 4 is 23.3 Å². The summed E-state index contributed by atoms with van der Waals surface area (Å²) in [7, 11) is 0. The topological polar surface area (TPSA) is 98.5 Å². The van der Waals surface area contributed by atoms with Crippen LogP contribution in [-0.4, -0.2) is 23.4 Å². The zero-order valence-electron chi connectivity index (χ0n) is 13.0. The normalized spacial score (nSPS) is 10.0. The third kappa shape index (κ3) is 4.64. The molecule has 2 rings (SSSR count). The molecule has 7 heteroatoms. The van der Waals surface area contributed by atoms with Crippen molar-refractivity contribution in [1.82, 2.24) is 0 Å². The van der Waals surface area contributed by atoms with E-state index in [0.717, 1.165) is 12.0 Å². The van der Waals surface area contributed by atoms with Crippen molar-refractivity contribution in [2.24, 2.45) is 0 Å². The van der Waals surface area contributed by atoms with Crippen LogP contribution in [0.2, 0.25) is 0 Å². The summed E-state index contributed by atoms with van der Waals surface area (Å²) < 4.78 is 4.94. The van der Waals surface area contributed by atoms with Gasteiger partial charge in [-0.1, -0.05) is 19.1 Å². The van der Waals surface area contributed by atoms with Crippen LogP contribution in [0, 0.1) is 10.1 Å². The molecule has 0 aliphatic heterocycles. The van der Waals surface area contributed by atoms with E-state index < -0.39 is 23.4 Å². The molecule has 124 valence electrons. The summed E-state index contributed by atoms with van der Waals surface area (Å²) in [5.41, 5.74) is 1.78. The summed E-state index contributed by atoms with van der Waals surface area (Å²) in [5, 5.41) is 13.0. The number of anilines is 1. The van der Waals surface area contributed by atoms with Crippen LogP contribution in [-0.2, 0) is 16.0 Å². The van der Waals surface area contributed by atoms with Gasteiger partial charge in [0, 0.05) is 17.8 Å². The lowest BCUT2D eigenvalue weighted by molar-refractivity contribution is -0.384. The molecule has 0 atom stereocenters. The number of hydrogen-bond acceptors (Lipinski definition) is 5. The van der Waals surface area contributed by atoms with Crippen molar-refractivity contribution in [3.63, 3.8) is 0 Å². The standard InChI is InChI=1S/C17H16N2O5/c1-2-12-3-5-13(6-4-12)17(21)24-11-16(20)18-14-7-9-15(10-8-14)19(22)23/h3-10H,2,11H2,1H3,(H,18,20). The summed E-state index contributed by atoms with van der Waals surface area (Å²) >= 11 is 0. The lowest BCUT2D eigenvalue weighted by atomic mass is 10.1. The van der Waals surface area contributed by atoms with Crippen LogP contribution < -0.4 is 5.32 Å². The van der Waals surface area contributed by atoms with E-state index in [1.54, 1.807) is 12.1 Å². The molecule has 0 radical (unpaired) electrons. The summed E-state index contributed by atoms with van der Waals surface area (Å²) in [6.07, 6.45) is 0.868. The van der Waals surface area contributed by atoms with Crippen LogP contribution >= 0.6 is 0 Å². The van der Waals surface area contributed by atoms with Crippen LogP contribution in [0.3, 0.4) is 0 Å². The quantitative estimate of drug-likeness (QED) is 0.499. The van der Waals surface area contributed by atoms with Gasteiger partial charge in [-0.15, -0.1) is 0 Å². The number of carbonyl (C=O) groups excluding carboxylic acids is 2. The molecule has 1 amide bonds. The van der Waals surface area contributed by atoms with Gasteiger partial charge in [-0.2, -0.15) is 0 Å². The Hall–Kier alpha value is -3.22. The SMILES string of the molecule is CCc1ccc(C(=O)OCC(=O)Nc2ccc([N+](=O)[O-])cc2)cc1. The Morgan fingerprint density at radius 3 is 2.25 bits per heavy atom. The second-order valence-electron chi connectivity index (χ2n) is 4.98. The molecule has 0 heterocycles. The molecule has 24 heavy (non-hydrogen) atoms. The van der Waals surface area contributed by atoms with Crippen molar-refractivity contribution in [2.75, 3.05) is 11.9 Å². The maximum atomic E-state index is 11.8. The fourth-order valence-electron chi connectivity index (χ4n) is 1.95. The van der Waals surface area contributed by atoms with Gasteiger partial charge in [0.25, 0.3) is 11.6 Å². The summed E-state index contributed by atoms with van der Waals surface area (Å²) in [6, 6.07) is 12.3. The predicted molar refractivity (Wildman–Crippen MR) is 87.8 cm³/mol. The number of benzene rings is 2. The maximum absolute atomic E-state index is 11.8. The van der Waals surface area contributed by atoms with E-state index in [0.29, 0.717) is 11.3 Å². The smallest absolute Gasteiger partial charge is 0.338 e. The zero-order chi connectivity index (χ0) is 17.5. The van der Waals surface area contributed by atoms with Gasteiger partial charge in [0.2, 0.25) is 0 Å².